The van der Waals surface area contributed by atoms with Crippen LogP contribution in [-0.2, 0) is 29.0 Å². The fourth-order valence-electron chi connectivity index (χ4n) is 9.58. The van der Waals surface area contributed by atoms with E-state index in [1.54, 1.807) is 17.0 Å². The molecule has 15 nitrogen and oxygen atoms in total. The van der Waals surface area contributed by atoms with Crippen LogP contribution in [0.3, 0.4) is 0 Å². The number of nitrogens with zero attached hydrogens (tertiary/aromatic N) is 4. The van der Waals surface area contributed by atoms with E-state index in [1.165, 1.54) is 23.9 Å². The van der Waals surface area contributed by atoms with Crippen LogP contribution in [0.1, 0.15) is 82.8 Å². The van der Waals surface area contributed by atoms with Gasteiger partial charge in [0, 0.05) is 91.1 Å². The molecule has 5 aromatic rings. The van der Waals surface area contributed by atoms with E-state index in [9.17, 15) is 44.7 Å². The fourth-order valence-corrected chi connectivity index (χ4v) is 13.8. The van der Waals surface area contributed by atoms with E-state index < -0.39 is 72.8 Å². The quantitative estimate of drug-likeness (QED) is 0.0467. The number of sulfonamides is 1. The van der Waals surface area contributed by atoms with Crippen LogP contribution < -0.4 is 19.8 Å². The summed E-state index contributed by atoms with van der Waals surface area (Å²) in [5, 5.41) is 15.8. The maximum atomic E-state index is 14.4. The first-order valence-electron chi connectivity index (χ1n) is 27.8. The minimum absolute atomic E-state index is 0.0162. The second-order valence-corrected chi connectivity index (χ2v) is 33.7. The number of hydrogen-bond donors (Lipinski definition) is 3. The van der Waals surface area contributed by atoms with Gasteiger partial charge in [0.15, 0.2) is 8.32 Å². The summed E-state index contributed by atoms with van der Waals surface area (Å²) in [7, 11) is -11.2. The normalized spacial score (nSPS) is 16.0. The highest BCUT2D eigenvalue weighted by Gasteiger charge is 2.49. The minimum atomic E-state index is -6.13. The number of nitrogens with one attached hydrogen (secondary N) is 2. The molecule has 5 aromatic carbocycles. The Morgan fingerprint density at radius 3 is 2.01 bits per heavy atom. The second kappa shape index (κ2) is 26.9. The van der Waals surface area contributed by atoms with Gasteiger partial charge in [0.05, 0.1) is 16.7 Å². The van der Waals surface area contributed by atoms with Crippen LogP contribution in [0.5, 0.6) is 0 Å². The lowest BCUT2D eigenvalue weighted by atomic mass is 9.84. The van der Waals surface area contributed by atoms with E-state index in [1.807, 2.05) is 110 Å². The molecule has 2 atom stereocenters. The molecular weight excluding hydrogens is 1170 g/mol. The number of carbonyl (C=O) groups is 2. The molecule has 2 amide bonds. The molecule has 83 heavy (non-hydrogen) atoms. The van der Waals surface area contributed by atoms with Gasteiger partial charge in [-0.15, -0.1) is 11.8 Å². The monoisotopic (exact) mass is 1240 g/mol. The molecule has 0 aliphatic carbocycles. The van der Waals surface area contributed by atoms with Gasteiger partial charge in [-0.2, -0.15) is 13.2 Å². The lowest BCUT2D eigenvalue weighted by Gasteiger charge is -2.38. The number of aliphatic hydroxyl groups excluding tert-OH is 1. The maximum absolute atomic E-state index is 14.4. The summed E-state index contributed by atoms with van der Waals surface area (Å²) < 4.78 is 111. The van der Waals surface area contributed by atoms with Crippen LogP contribution in [-0.4, -0.2) is 141 Å². The molecule has 0 radical (unpaired) electrons. The van der Waals surface area contributed by atoms with Crippen molar-refractivity contribution >= 4 is 80.6 Å². The Kier molecular flexibility index (Phi) is 21.2. The highest BCUT2D eigenvalue weighted by Crippen LogP contribution is 2.41. The molecule has 1 unspecified atom stereocenters. The first-order valence-corrected chi connectivity index (χ1v) is 35.0. The molecule has 3 N–H and O–H groups in total. The number of amides is 2. The molecule has 7 rings (SSSR count). The Morgan fingerprint density at radius 2 is 1.41 bits per heavy atom. The summed E-state index contributed by atoms with van der Waals surface area (Å²) in [6.07, 6.45) is 0.412. The first-order chi connectivity index (χ1) is 38.8. The van der Waals surface area contributed by atoms with Gasteiger partial charge in [0.25, 0.3) is 25.8 Å². The van der Waals surface area contributed by atoms with E-state index >= 15 is 0 Å². The number of benzene rings is 5. The third kappa shape index (κ3) is 17.2. The summed E-state index contributed by atoms with van der Waals surface area (Å²) in [4.78, 5) is 33.1. The van der Waals surface area contributed by atoms with Crippen LogP contribution in [0.15, 0.2) is 130 Å². The topological polar surface area (TPSA) is 178 Å². The molecule has 0 saturated carbocycles. The third-order valence-corrected chi connectivity index (χ3v) is 24.3. The Hall–Kier alpha value is -5.33. The number of ether oxygens (including phenoxy) is 1. The second-order valence-electron chi connectivity index (χ2n) is 23.8. The molecular formula is C60H78ClF3N6O9S3Si. The number of aliphatic hydroxyl groups is 1. The van der Waals surface area contributed by atoms with Crippen LogP contribution in [0.2, 0.25) is 23.2 Å². The molecule has 23 heteroatoms. The predicted octanol–water partition coefficient (Wildman–Crippen LogP) is 12.3. The Labute approximate surface area is 498 Å². The van der Waals surface area contributed by atoms with Crippen molar-refractivity contribution in [2.24, 2.45) is 5.92 Å². The van der Waals surface area contributed by atoms with Crippen molar-refractivity contribution in [2.75, 3.05) is 86.9 Å². The number of anilines is 3. The SMILES string of the molecule is CN(CCO[Si](C)(C)C(C)(C)C)CCC(CSc1ccccc1)Nc1ccc(S(=O)(=O)NC(=O)c2ccc(N3CCC([C@@H](O)c4cc(N5CCN(C(=O)OC(C)(C)C)CC5)ccc4-c4ccc(Cl)cc4)CC3)cc2)cc1S(=O)(=O)C(F)(F)F. The van der Waals surface area contributed by atoms with Crippen LogP contribution >= 0.6 is 23.4 Å². The number of likely N-dealkylation sites (N-methyl/N-ethyl adjacent to an activating group) is 1. The Balaban J connectivity index is 1.01. The lowest BCUT2D eigenvalue weighted by Crippen LogP contribution is -2.50. The minimum Gasteiger partial charge on any atom is -0.444 e. The number of rotatable bonds is 21. The summed E-state index contributed by atoms with van der Waals surface area (Å²) in [5.41, 5.74) is -2.70. The third-order valence-electron chi connectivity index (χ3n) is 15.5. The number of sulfone groups is 1. The van der Waals surface area contributed by atoms with Crippen molar-refractivity contribution in [3.05, 3.63) is 131 Å². The summed E-state index contributed by atoms with van der Waals surface area (Å²) in [5.74, 6) is -0.886. The number of piperidine rings is 1. The van der Waals surface area contributed by atoms with Crippen molar-refractivity contribution in [3.63, 3.8) is 0 Å². The standard InChI is InChI=1S/C60H78ClF3N6O9S3Si/c1-58(2,3)79-57(73)70-35-33-69(34-36-70)48-23-25-51(42-15-19-45(61)20-16-42)52(39-48)55(71)43-27-31-68(32-28-43)47-21-17-44(18-22-47)56(72)66-82(76,77)50-24-26-53(54(40-50)81(74,75)60(62,63)64)65-46(41-80-49-13-11-10-12-14-49)29-30-67(7)37-38-78-83(8,9)59(4,5)6/h10-26,39-40,43,46,55,65,71H,27-38,41H2,1-9H3,(H,66,72)/t46?,55-/m1/s1. The average molecular weight is 1240 g/mol. The summed E-state index contributed by atoms with van der Waals surface area (Å²) >= 11 is 7.69. The number of alkyl halides is 3. The van der Waals surface area contributed by atoms with Crippen molar-refractivity contribution < 1.29 is 53.9 Å². The van der Waals surface area contributed by atoms with Gasteiger partial charge < -0.3 is 39.2 Å². The van der Waals surface area contributed by atoms with Crippen LogP contribution in [0.4, 0.5) is 35.0 Å². The Bertz CT molecular complexity index is 3250. The molecule has 2 saturated heterocycles. The molecule has 2 aliphatic heterocycles. The van der Waals surface area contributed by atoms with Crippen molar-refractivity contribution in [3.8, 4) is 11.1 Å². The highest BCUT2D eigenvalue weighted by molar-refractivity contribution is 7.99. The molecule has 2 aliphatic rings. The van der Waals surface area contributed by atoms with E-state index in [4.69, 9.17) is 20.8 Å². The number of hydrogen-bond acceptors (Lipinski definition) is 14. The van der Waals surface area contributed by atoms with Crippen molar-refractivity contribution in [1.29, 1.82) is 0 Å². The highest BCUT2D eigenvalue weighted by atomic mass is 35.5. The van der Waals surface area contributed by atoms with Gasteiger partial charge in [-0.1, -0.05) is 68.8 Å². The smallest absolute Gasteiger partial charge is 0.444 e. The number of piperazine rings is 1. The zero-order valence-corrected chi connectivity index (χ0v) is 52.8. The summed E-state index contributed by atoms with van der Waals surface area (Å²) in [6, 6.07) is 30.8. The van der Waals surface area contributed by atoms with Gasteiger partial charge in [-0.3, -0.25) is 4.79 Å². The van der Waals surface area contributed by atoms with E-state index in [0.717, 1.165) is 45.1 Å². The van der Waals surface area contributed by atoms with Crippen molar-refractivity contribution in [1.82, 2.24) is 14.5 Å². The molecule has 0 spiro atoms. The molecule has 2 fully saturated rings. The predicted molar refractivity (Wildman–Crippen MR) is 327 cm³/mol. The number of thioether (sulfide) groups is 1. The van der Waals surface area contributed by atoms with E-state index in [0.29, 0.717) is 95.1 Å². The molecule has 0 aromatic heterocycles. The van der Waals surface area contributed by atoms with E-state index in [2.05, 4.69) is 49.0 Å². The zero-order valence-electron chi connectivity index (χ0n) is 48.6. The first kappa shape index (κ1) is 65.2. The van der Waals surface area contributed by atoms with Crippen LogP contribution in [0.25, 0.3) is 11.1 Å². The number of carbonyl (C=O) groups excluding carboxylic acids is 2. The average Bonchev–Trinajstić information content (AvgIpc) is 3.07. The van der Waals surface area contributed by atoms with E-state index in [-0.39, 0.29) is 22.6 Å². The van der Waals surface area contributed by atoms with Gasteiger partial charge in [0.1, 0.15) is 10.5 Å². The summed E-state index contributed by atoms with van der Waals surface area (Å²) in [6.45, 7) is 21.1. The van der Waals surface area contributed by atoms with Crippen LogP contribution in [0, 0.1) is 5.92 Å². The Morgan fingerprint density at radius 1 is 0.795 bits per heavy atom. The number of halogens is 4. The van der Waals surface area contributed by atoms with Gasteiger partial charge >= 0.3 is 11.6 Å². The zero-order chi connectivity index (χ0) is 60.7. The lowest BCUT2D eigenvalue weighted by molar-refractivity contribution is -0.0436. The maximum Gasteiger partial charge on any atom is 0.501 e. The van der Waals surface area contributed by atoms with Crippen molar-refractivity contribution in [2.45, 2.75) is 117 Å². The van der Waals surface area contributed by atoms with Gasteiger partial charge in [-0.05, 0) is 173 Å². The molecule has 2 heterocycles. The molecule has 0 bridgehead atoms. The fraction of sp³-hybridized carbons (Fsp3) is 0.467. The van der Waals surface area contributed by atoms with Gasteiger partial charge in [0.2, 0.25) is 0 Å². The van der Waals surface area contributed by atoms with Gasteiger partial charge in [-0.25, -0.2) is 26.4 Å². The molecule has 452 valence electrons. The largest absolute Gasteiger partial charge is 0.501 e.